The first kappa shape index (κ1) is 11.4. The van der Waals surface area contributed by atoms with Gasteiger partial charge >= 0.3 is 6.03 Å². The van der Waals surface area contributed by atoms with Gasteiger partial charge in [0.05, 0.1) is 11.4 Å². The fraction of sp³-hybridized carbons (Fsp3) is 0.556. The van der Waals surface area contributed by atoms with Crippen molar-refractivity contribution in [3.63, 3.8) is 0 Å². The summed E-state index contributed by atoms with van der Waals surface area (Å²) in [6.45, 7) is 5.57. The van der Waals surface area contributed by atoms with Crippen molar-refractivity contribution in [2.75, 3.05) is 11.1 Å². The van der Waals surface area contributed by atoms with Crippen LogP contribution in [0.1, 0.15) is 19.5 Å². The fourth-order valence-corrected chi connectivity index (χ4v) is 1.23. The van der Waals surface area contributed by atoms with Crippen LogP contribution < -0.4 is 16.4 Å². The zero-order chi connectivity index (χ0) is 11.6. The van der Waals surface area contributed by atoms with Crippen molar-refractivity contribution in [1.29, 1.82) is 0 Å². The molecule has 1 rings (SSSR count). The molecule has 0 aliphatic rings. The Kier molecular flexibility index (Phi) is 3.18. The Balaban J connectivity index is 2.76. The van der Waals surface area contributed by atoms with Crippen molar-refractivity contribution in [3.8, 4) is 0 Å². The summed E-state index contributed by atoms with van der Waals surface area (Å²) in [6.07, 6.45) is 0. The third-order valence-corrected chi connectivity index (χ3v) is 1.92. The lowest BCUT2D eigenvalue weighted by Gasteiger charge is -2.10. The number of hydrogen-bond donors (Lipinski definition) is 3. The molecule has 0 aromatic carbocycles. The van der Waals surface area contributed by atoms with Gasteiger partial charge in [-0.1, -0.05) is 0 Å². The molecule has 0 unspecified atom stereocenters. The monoisotopic (exact) mass is 211 g/mol. The number of nitrogens with one attached hydrogen (secondary N) is 2. The van der Waals surface area contributed by atoms with Crippen LogP contribution in [0.2, 0.25) is 0 Å². The first-order valence-electron chi connectivity index (χ1n) is 4.78. The lowest BCUT2D eigenvalue weighted by Crippen LogP contribution is -2.34. The molecule has 84 valence electrons. The van der Waals surface area contributed by atoms with E-state index < -0.39 is 0 Å². The van der Waals surface area contributed by atoms with Crippen molar-refractivity contribution >= 4 is 17.5 Å². The molecule has 1 aromatic heterocycles. The molecule has 0 radical (unpaired) electrons. The molecule has 0 saturated heterocycles. The van der Waals surface area contributed by atoms with E-state index in [1.54, 1.807) is 18.7 Å². The van der Waals surface area contributed by atoms with Crippen molar-refractivity contribution in [3.05, 3.63) is 5.69 Å². The average Bonchev–Trinajstić information content (AvgIpc) is 2.31. The Labute approximate surface area is 88.8 Å². The standard InChI is InChI=1S/C9H17N5O/c1-5(2)11-9(15)12-8-7(10)6(3)13-14(8)4/h5H,10H2,1-4H3,(H2,11,12,15). The number of urea groups is 1. The summed E-state index contributed by atoms with van der Waals surface area (Å²) in [5, 5.41) is 9.46. The van der Waals surface area contributed by atoms with E-state index >= 15 is 0 Å². The zero-order valence-corrected chi connectivity index (χ0v) is 9.46. The summed E-state index contributed by atoms with van der Waals surface area (Å²) >= 11 is 0. The number of anilines is 2. The topological polar surface area (TPSA) is 85.0 Å². The number of rotatable bonds is 2. The molecule has 0 aliphatic heterocycles. The van der Waals surface area contributed by atoms with Crippen LogP contribution in [0.25, 0.3) is 0 Å². The Morgan fingerprint density at radius 2 is 2.13 bits per heavy atom. The maximum Gasteiger partial charge on any atom is 0.320 e. The van der Waals surface area contributed by atoms with Crippen LogP contribution >= 0.6 is 0 Å². The molecule has 0 aliphatic carbocycles. The molecular formula is C9H17N5O. The SMILES string of the molecule is Cc1nn(C)c(NC(=O)NC(C)C)c1N. The fourth-order valence-electron chi connectivity index (χ4n) is 1.23. The molecule has 1 heterocycles. The van der Waals surface area contributed by atoms with Gasteiger partial charge < -0.3 is 11.1 Å². The van der Waals surface area contributed by atoms with Crippen LogP contribution in [0, 0.1) is 6.92 Å². The highest BCUT2D eigenvalue weighted by molar-refractivity contribution is 5.91. The lowest BCUT2D eigenvalue weighted by atomic mass is 10.4. The van der Waals surface area contributed by atoms with E-state index in [4.69, 9.17) is 5.73 Å². The number of nitrogens with two attached hydrogens (primary N) is 1. The zero-order valence-electron chi connectivity index (χ0n) is 9.46. The van der Waals surface area contributed by atoms with E-state index in [0.717, 1.165) is 0 Å². The van der Waals surface area contributed by atoms with Gasteiger partial charge in [0.25, 0.3) is 0 Å². The maximum atomic E-state index is 11.4. The normalized spacial score (nSPS) is 10.5. The largest absolute Gasteiger partial charge is 0.394 e. The summed E-state index contributed by atoms with van der Waals surface area (Å²) in [5.74, 6) is 0.519. The van der Waals surface area contributed by atoms with Gasteiger partial charge in [-0.15, -0.1) is 0 Å². The molecule has 0 bridgehead atoms. The van der Waals surface area contributed by atoms with E-state index in [2.05, 4.69) is 15.7 Å². The highest BCUT2D eigenvalue weighted by atomic mass is 16.2. The summed E-state index contributed by atoms with van der Waals surface area (Å²) < 4.78 is 1.55. The van der Waals surface area contributed by atoms with Gasteiger partial charge in [-0.25, -0.2) is 4.79 Å². The summed E-state index contributed by atoms with van der Waals surface area (Å²) in [5.41, 5.74) is 6.96. The number of hydrogen-bond acceptors (Lipinski definition) is 3. The second-order valence-electron chi connectivity index (χ2n) is 3.72. The van der Waals surface area contributed by atoms with E-state index in [1.165, 1.54) is 0 Å². The van der Waals surface area contributed by atoms with Crippen LogP contribution in [0.5, 0.6) is 0 Å². The minimum atomic E-state index is -0.278. The highest BCUT2D eigenvalue weighted by Crippen LogP contribution is 2.20. The number of carbonyl (C=O) groups excluding carboxylic acids is 1. The van der Waals surface area contributed by atoms with Gasteiger partial charge in [0.15, 0.2) is 5.82 Å². The second kappa shape index (κ2) is 4.20. The first-order chi connectivity index (χ1) is 6.91. The van der Waals surface area contributed by atoms with Gasteiger partial charge in [-0.05, 0) is 20.8 Å². The molecular weight excluding hydrogens is 194 g/mol. The number of nitrogens with zero attached hydrogens (tertiary/aromatic N) is 2. The smallest absolute Gasteiger partial charge is 0.320 e. The first-order valence-corrected chi connectivity index (χ1v) is 4.78. The number of carbonyl (C=O) groups is 1. The van der Waals surface area contributed by atoms with Gasteiger partial charge in [-0.3, -0.25) is 10.00 Å². The van der Waals surface area contributed by atoms with E-state index in [0.29, 0.717) is 17.2 Å². The Morgan fingerprint density at radius 1 is 1.53 bits per heavy atom. The van der Waals surface area contributed by atoms with Crippen LogP contribution in [-0.2, 0) is 7.05 Å². The Morgan fingerprint density at radius 3 is 2.53 bits per heavy atom. The van der Waals surface area contributed by atoms with Crippen molar-refractivity contribution < 1.29 is 4.79 Å². The van der Waals surface area contributed by atoms with Crippen molar-refractivity contribution in [2.45, 2.75) is 26.8 Å². The van der Waals surface area contributed by atoms with Gasteiger partial charge in [0.2, 0.25) is 0 Å². The van der Waals surface area contributed by atoms with E-state index in [1.807, 2.05) is 13.8 Å². The average molecular weight is 211 g/mol. The van der Waals surface area contributed by atoms with Crippen molar-refractivity contribution in [2.24, 2.45) is 7.05 Å². The lowest BCUT2D eigenvalue weighted by molar-refractivity contribution is 0.250. The van der Waals surface area contributed by atoms with Crippen LogP contribution in [-0.4, -0.2) is 21.9 Å². The van der Waals surface area contributed by atoms with Crippen LogP contribution in [0.4, 0.5) is 16.3 Å². The quantitative estimate of drug-likeness (QED) is 0.677. The van der Waals surface area contributed by atoms with Crippen LogP contribution in [0.3, 0.4) is 0 Å². The Bertz CT molecular complexity index is 369. The molecule has 15 heavy (non-hydrogen) atoms. The Hall–Kier alpha value is -1.72. The van der Waals surface area contributed by atoms with E-state index in [-0.39, 0.29) is 12.1 Å². The highest BCUT2D eigenvalue weighted by Gasteiger charge is 2.12. The molecule has 4 N–H and O–H groups in total. The predicted octanol–water partition coefficient (Wildman–Crippen LogP) is 0.841. The van der Waals surface area contributed by atoms with Gasteiger partial charge in [-0.2, -0.15) is 5.10 Å². The summed E-state index contributed by atoms with van der Waals surface area (Å²) in [6, 6.07) is -0.194. The number of aryl methyl sites for hydroxylation is 2. The molecule has 0 fully saturated rings. The minimum absolute atomic E-state index is 0.0838. The van der Waals surface area contributed by atoms with Gasteiger partial charge in [0, 0.05) is 13.1 Å². The maximum absolute atomic E-state index is 11.4. The molecule has 0 atom stereocenters. The molecule has 1 aromatic rings. The van der Waals surface area contributed by atoms with Crippen LogP contribution in [0.15, 0.2) is 0 Å². The summed E-state index contributed by atoms with van der Waals surface area (Å²) in [7, 11) is 1.73. The summed E-state index contributed by atoms with van der Waals surface area (Å²) in [4.78, 5) is 11.4. The van der Waals surface area contributed by atoms with Gasteiger partial charge in [0.1, 0.15) is 0 Å². The molecule has 0 spiro atoms. The number of amides is 2. The third kappa shape index (κ3) is 2.61. The second-order valence-corrected chi connectivity index (χ2v) is 3.72. The number of nitrogen functional groups attached to an aromatic ring is 1. The molecule has 6 heteroatoms. The molecule has 6 nitrogen and oxygen atoms in total. The van der Waals surface area contributed by atoms with E-state index in [9.17, 15) is 4.79 Å². The van der Waals surface area contributed by atoms with Crippen molar-refractivity contribution in [1.82, 2.24) is 15.1 Å². The third-order valence-electron chi connectivity index (χ3n) is 1.92. The molecule has 2 amide bonds. The molecule has 0 saturated carbocycles. The number of aromatic nitrogens is 2. The minimum Gasteiger partial charge on any atom is -0.394 e. The predicted molar refractivity (Wildman–Crippen MR) is 59.6 cm³/mol.